The third-order valence-electron chi connectivity index (χ3n) is 3.32. The van der Waals surface area contributed by atoms with Crippen molar-refractivity contribution in [3.8, 4) is 5.75 Å². The first-order valence-corrected chi connectivity index (χ1v) is 8.09. The van der Waals surface area contributed by atoms with Crippen LogP contribution in [0.25, 0.3) is 12.2 Å². The van der Waals surface area contributed by atoms with E-state index in [1.165, 1.54) is 6.92 Å². The van der Waals surface area contributed by atoms with Crippen molar-refractivity contribution in [3.05, 3.63) is 63.1 Å². The maximum absolute atomic E-state index is 11.4. The lowest BCUT2D eigenvalue weighted by atomic mass is 10.00. The Bertz CT molecular complexity index is 735. The zero-order valence-electron chi connectivity index (χ0n) is 13.3. The van der Waals surface area contributed by atoms with E-state index in [1.807, 2.05) is 56.3 Å². The first kappa shape index (κ1) is 17.6. The molecule has 0 spiro atoms. The van der Waals surface area contributed by atoms with E-state index >= 15 is 0 Å². The molecule has 4 heteroatoms. The zero-order chi connectivity index (χ0) is 17.0. The summed E-state index contributed by atoms with van der Waals surface area (Å²) in [5.41, 5.74) is 2.48. The number of carbonyl (C=O) groups excluding carboxylic acids is 1. The van der Waals surface area contributed by atoms with Gasteiger partial charge in [0.25, 0.3) is 0 Å². The Balaban J connectivity index is 2.53. The topological polar surface area (TPSA) is 26.3 Å². The van der Waals surface area contributed by atoms with Crippen LogP contribution < -0.4 is 4.74 Å². The molecule has 0 N–H and O–H groups in total. The molecule has 0 heterocycles. The van der Waals surface area contributed by atoms with Gasteiger partial charge >= 0.3 is 5.97 Å². The fraction of sp³-hybridized carbons (Fsp3) is 0.211. The Morgan fingerprint density at radius 1 is 1.13 bits per heavy atom. The van der Waals surface area contributed by atoms with Crippen LogP contribution in [0.1, 0.15) is 43.4 Å². The summed E-state index contributed by atoms with van der Waals surface area (Å²) in [6.07, 6.45) is 3.76. The summed E-state index contributed by atoms with van der Waals surface area (Å²) < 4.78 is 5.33. The number of rotatable bonds is 4. The van der Waals surface area contributed by atoms with Gasteiger partial charge in [-0.3, -0.25) is 4.79 Å². The van der Waals surface area contributed by atoms with Gasteiger partial charge in [-0.25, -0.2) is 0 Å². The molecule has 2 rings (SSSR count). The molecule has 0 aromatic heterocycles. The van der Waals surface area contributed by atoms with E-state index in [0.717, 1.165) is 11.1 Å². The molecule has 0 unspecified atom stereocenters. The van der Waals surface area contributed by atoms with Crippen LogP contribution >= 0.6 is 23.2 Å². The van der Waals surface area contributed by atoms with Crippen LogP contribution in [0, 0.1) is 0 Å². The molecule has 2 aromatic rings. The number of benzene rings is 2. The van der Waals surface area contributed by atoms with E-state index in [4.69, 9.17) is 27.9 Å². The van der Waals surface area contributed by atoms with Gasteiger partial charge in [-0.05, 0) is 23.1 Å². The normalized spacial score (nSPS) is 11.2. The van der Waals surface area contributed by atoms with E-state index in [1.54, 1.807) is 6.07 Å². The minimum absolute atomic E-state index is 0.122. The zero-order valence-corrected chi connectivity index (χ0v) is 14.8. The van der Waals surface area contributed by atoms with Crippen molar-refractivity contribution in [3.63, 3.8) is 0 Å². The minimum Gasteiger partial charge on any atom is -0.424 e. The third kappa shape index (κ3) is 4.37. The van der Waals surface area contributed by atoms with Crippen molar-refractivity contribution in [2.24, 2.45) is 0 Å². The number of ether oxygens (including phenoxy) is 1. The minimum atomic E-state index is -0.418. The molecule has 0 saturated carbocycles. The van der Waals surface area contributed by atoms with E-state index in [0.29, 0.717) is 21.4 Å². The molecule has 0 radical (unpaired) electrons. The van der Waals surface area contributed by atoms with E-state index in [-0.39, 0.29) is 5.92 Å². The van der Waals surface area contributed by atoms with E-state index in [9.17, 15) is 4.79 Å². The van der Waals surface area contributed by atoms with Gasteiger partial charge in [-0.15, -0.1) is 0 Å². The predicted octanol–water partition coefficient (Wildman–Crippen LogP) is 6.21. The van der Waals surface area contributed by atoms with Crippen molar-refractivity contribution in [2.45, 2.75) is 26.7 Å². The lowest BCUT2D eigenvalue weighted by Crippen LogP contribution is -2.05. The summed E-state index contributed by atoms with van der Waals surface area (Å²) in [6.45, 7) is 5.33. The Labute approximate surface area is 146 Å². The second kappa shape index (κ2) is 7.67. The molecular formula is C19H18Cl2O2. The standard InChI is InChI=1S/C19H18Cl2O2/c1-12(2)17-16(20)11-15(19(18(17)21)23-13(3)22)10-9-14-7-5-4-6-8-14/h4-12H,1-3H3/b10-9+. The average Bonchev–Trinajstić information content (AvgIpc) is 2.48. The fourth-order valence-electron chi connectivity index (χ4n) is 2.28. The second-order valence-electron chi connectivity index (χ2n) is 5.50. The number of hydrogen-bond acceptors (Lipinski definition) is 2. The van der Waals surface area contributed by atoms with Crippen LogP contribution in [0.15, 0.2) is 36.4 Å². The maximum atomic E-state index is 11.4. The summed E-state index contributed by atoms with van der Waals surface area (Å²) in [4.78, 5) is 11.4. The van der Waals surface area contributed by atoms with Gasteiger partial charge in [0.05, 0.1) is 5.02 Å². The van der Waals surface area contributed by atoms with Crippen LogP contribution in [-0.4, -0.2) is 5.97 Å². The van der Waals surface area contributed by atoms with Gasteiger partial charge < -0.3 is 4.74 Å². The highest BCUT2D eigenvalue weighted by atomic mass is 35.5. The quantitative estimate of drug-likeness (QED) is 0.372. The molecule has 2 nitrogen and oxygen atoms in total. The van der Waals surface area contributed by atoms with Gasteiger partial charge in [0.15, 0.2) is 5.75 Å². The van der Waals surface area contributed by atoms with Gasteiger partial charge in [0, 0.05) is 17.5 Å². The number of carbonyl (C=O) groups is 1. The Hall–Kier alpha value is -1.77. The monoisotopic (exact) mass is 348 g/mol. The van der Waals surface area contributed by atoms with Gasteiger partial charge in [-0.2, -0.15) is 0 Å². The average molecular weight is 349 g/mol. The summed E-state index contributed by atoms with van der Waals surface area (Å²) in [5, 5.41) is 0.948. The van der Waals surface area contributed by atoms with Crippen molar-refractivity contribution < 1.29 is 9.53 Å². The molecule has 0 aliphatic carbocycles. The Kier molecular flexibility index (Phi) is 5.86. The molecule has 0 amide bonds. The van der Waals surface area contributed by atoms with Gasteiger partial charge in [0.1, 0.15) is 0 Å². The molecule has 0 bridgehead atoms. The molecular weight excluding hydrogens is 331 g/mol. The van der Waals surface area contributed by atoms with Crippen LogP contribution in [0.2, 0.25) is 10.0 Å². The third-order valence-corrected chi connectivity index (χ3v) is 4.00. The molecule has 0 fully saturated rings. The molecule has 120 valence electrons. The lowest BCUT2D eigenvalue weighted by molar-refractivity contribution is -0.131. The number of halogens is 2. The lowest BCUT2D eigenvalue weighted by Gasteiger charge is -2.16. The first-order valence-electron chi connectivity index (χ1n) is 7.33. The molecule has 0 aliphatic rings. The van der Waals surface area contributed by atoms with Gasteiger partial charge in [0.2, 0.25) is 0 Å². The van der Waals surface area contributed by atoms with Crippen LogP contribution in [0.4, 0.5) is 0 Å². The molecule has 23 heavy (non-hydrogen) atoms. The van der Waals surface area contributed by atoms with E-state index < -0.39 is 5.97 Å². The first-order chi connectivity index (χ1) is 10.9. The summed E-state index contributed by atoms with van der Waals surface area (Å²) in [5.74, 6) is 0.0502. The molecule has 2 aromatic carbocycles. The van der Waals surface area contributed by atoms with Crippen molar-refractivity contribution in [2.75, 3.05) is 0 Å². The molecule has 0 atom stereocenters. The van der Waals surface area contributed by atoms with Crippen LogP contribution in [0.3, 0.4) is 0 Å². The fourth-order valence-corrected chi connectivity index (χ4v) is 3.23. The van der Waals surface area contributed by atoms with E-state index in [2.05, 4.69) is 0 Å². The summed E-state index contributed by atoms with van der Waals surface area (Å²) >= 11 is 12.8. The largest absolute Gasteiger partial charge is 0.424 e. The van der Waals surface area contributed by atoms with Crippen LogP contribution in [-0.2, 0) is 4.79 Å². The SMILES string of the molecule is CC(=O)Oc1c(/C=C/c2ccccc2)cc(Cl)c(C(C)C)c1Cl. The predicted molar refractivity (Wildman–Crippen MR) is 97.2 cm³/mol. The van der Waals surface area contributed by atoms with Crippen molar-refractivity contribution in [1.82, 2.24) is 0 Å². The highest BCUT2D eigenvalue weighted by Gasteiger charge is 2.19. The van der Waals surface area contributed by atoms with Crippen LogP contribution in [0.5, 0.6) is 5.75 Å². The molecule has 0 aliphatic heterocycles. The maximum Gasteiger partial charge on any atom is 0.308 e. The van der Waals surface area contributed by atoms with Crippen molar-refractivity contribution in [1.29, 1.82) is 0 Å². The Morgan fingerprint density at radius 2 is 1.78 bits per heavy atom. The number of hydrogen-bond donors (Lipinski definition) is 0. The summed E-state index contributed by atoms with van der Waals surface area (Å²) in [7, 11) is 0. The number of esters is 1. The van der Waals surface area contributed by atoms with Gasteiger partial charge in [-0.1, -0.05) is 79.5 Å². The second-order valence-corrected chi connectivity index (χ2v) is 6.28. The highest BCUT2D eigenvalue weighted by Crippen LogP contribution is 2.41. The summed E-state index contributed by atoms with van der Waals surface area (Å²) in [6, 6.07) is 11.6. The highest BCUT2D eigenvalue weighted by molar-refractivity contribution is 6.37. The Morgan fingerprint density at radius 3 is 2.35 bits per heavy atom. The smallest absolute Gasteiger partial charge is 0.308 e. The van der Waals surface area contributed by atoms with Crippen molar-refractivity contribution >= 4 is 41.3 Å². The molecule has 0 saturated heterocycles.